The lowest BCUT2D eigenvalue weighted by atomic mass is 9.92. The number of hydrogen-bond donors (Lipinski definition) is 2. The Kier molecular flexibility index (Phi) is 3.51. The van der Waals surface area contributed by atoms with Gasteiger partial charge in [-0.05, 0) is 69.6 Å². The molecule has 0 saturated carbocycles. The summed E-state index contributed by atoms with van der Waals surface area (Å²) in [5.41, 5.74) is 23.8. The highest BCUT2D eigenvalue weighted by atomic mass is 14.6. The molecule has 0 aliphatic heterocycles. The number of fused-ring (bicyclic) bond motifs is 3. The second kappa shape index (κ2) is 6.03. The van der Waals surface area contributed by atoms with Crippen molar-refractivity contribution < 1.29 is 0 Å². The van der Waals surface area contributed by atoms with Crippen molar-refractivity contribution in [3.63, 3.8) is 0 Å². The quantitative estimate of drug-likeness (QED) is 0.399. The molecule has 1 aliphatic rings. The minimum Gasteiger partial charge on any atom is -0.399 e. The fourth-order valence-electron chi connectivity index (χ4n) is 4.05. The van der Waals surface area contributed by atoms with E-state index in [1.54, 1.807) is 0 Å². The van der Waals surface area contributed by atoms with E-state index in [-0.39, 0.29) is 0 Å². The molecule has 1 aliphatic carbocycles. The summed E-state index contributed by atoms with van der Waals surface area (Å²) in [5.74, 6) is 0. The van der Waals surface area contributed by atoms with E-state index in [0.717, 1.165) is 34.5 Å². The number of nitrogen functional groups attached to an aromatic ring is 2. The van der Waals surface area contributed by atoms with Crippen molar-refractivity contribution in [2.45, 2.75) is 6.42 Å². The average Bonchev–Trinajstić information content (AvgIpc) is 3.08. The van der Waals surface area contributed by atoms with E-state index in [2.05, 4.69) is 66.7 Å². The van der Waals surface area contributed by atoms with Crippen molar-refractivity contribution in [1.29, 1.82) is 0 Å². The van der Waals surface area contributed by atoms with Crippen molar-refractivity contribution in [2.75, 3.05) is 11.5 Å². The Morgan fingerprint density at radius 2 is 1.22 bits per heavy atom. The zero-order valence-corrected chi connectivity index (χ0v) is 14.9. The van der Waals surface area contributed by atoms with Crippen molar-refractivity contribution in [3.05, 3.63) is 96.1 Å². The molecular weight excluding hydrogens is 328 g/mol. The van der Waals surface area contributed by atoms with Gasteiger partial charge in [0, 0.05) is 16.9 Å². The molecule has 4 N–H and O–H groups in total. The summed E-state index contributed by atoms with van der Waals surface area (Å²) < 4.78 is 0. The van der Waals surface area contributed by atoms with Gasteiger partial charge in [0.1, 0.15) is 0 Å². The summed E-state index contributed by atoms with van der Waals surface area (Å²) in [4.78, 5) is 0. The molecule has 0 radical (unpaired) electrons. The molecular formula is C25H20N2. The highest BCUT2D eigenvalue weighted by Crippen LogP contribution is 2.43. The van der Waals surface area contributed by atoms with E-state index in [0.29, 0.717) is 0 Å². The average molecular weight is 348 g/mol. The Hall–Kier alpha value is -3.52. The lowest BCUT2D eigenvalue weighted by molar-refractivity contribution is 1.26. The first-order valence-electron chi connectivity index (χ1n) is 9.17. The molecule has 0 unspecified atom stereocenters. The van der Waals surface area contributed by atoms with Crippen LogP contribution in [0.3, 0.4) is 0 Å². The van der Waals surface area contributed by atoms with Crippen LogP contribution in [0.25, 0.3) is 33.4 Å². The summed E-state index contributed by atoms with van der Waals surface area (Å²) in [6.45, 7) is 0. The van der Waals surface area contributed by atoms with Gasteiger partial charge in [-0.15, -0.1) is 0 Å². The van der Waals surface area contributed by atoms with Crippen LogP contribution in [0.15, 0.2) is 84.9 Å². The maximum Gasteiger partial charge on any atom is 0.0394 e. The van der Waals surface area contributed by atoms with E-state index < -0.39 is 0 Å². The van der Waals surface area contributed by atoms with Crippen LogP contribution in [0.4, 0.5) is 11.4 Å². The van der Waals surface area contributed by atoms with Gasteiger partial charge in [0.05, 0.1) is 0 Å². The largest absolute Gasteiger partial charge is 0.399 e. The maximum absolute atomic E-state index is 6.40. The highest BCUT2D eigenvalue weighted by Gasteiger charge is 2.21. The molecule has 0 heterocycles. The van der Waals surface area contributed by atoms with Gasteiger partial charge < -0.3 is 11.5 Å². The van der Waals surface area contributed by atoms with Gasteiger partial charge in [0.15, 0.2) is 0 Å². The van der Waals surface area contributed by atoms with Crippen LogP contribution >= 0.6 is 0 Å². The Morgan fingerprint density at radius 1 is 0.556 bits per heavy atom. The number of nitrogens with two attached hydrogens (primary N) is 2. The topological polar surface area (TPSA) is 52.0 Å². The first kappa shape index (κ1) is 15.7. The van der Waals surface area contributed by atoms with E-state index in [1.165, 1.54) is 27.8 Å². The normalized spacial score (nSPS) is 11.9. The summed E-state index contributed by atoms with van der Waals surface area (Å²) in [5, 5.41) is 0. The van der Waals surface area contributed by atoms with Gasteiger partial charge in [0.2, 0.25) is 0 Å². The lowest BCUT2D eigenvalue weighted by Crippen LogP contribution is -1.95. The van der Waals surface area contributed by atoms with Gasteiger partial charge in [-0.25, -0.2) is 0 Å². The highest BCUT2D eigenvalue weighted by molar-refractivity contribution is 5.90. The molecule has 0 atom stereocenters. The second-order valence-electron chi connectivity index (χ2n) is 7.09. The molecule has 27 heavy (non-hydrogen) atoms. The Bertz CT molecular complexity index is 1160. The van der Waals surface area contributed by atoms with Crippen LogP contribution in [0.1, 0.15) is 11.1 Å². The molecule has 0 saturated heterocycles. The Labute approximate surface area is 159 Å². The number of rotatable bonds is 2. The van der Waals surface area contributed by atoms with Crippen molar-refractivity contribution in [2.24, 2.45) is 0 Å². The van der Waals surface area contributed by atoms with Crippen LogP contribution < -0.4 is 11.5 Å². The van der Waals surface area contributed by atoms with Gasteiger partial charge >= 0.3 is 0 Å². The SMILES string of the molecule is Nc1ccc(-c2ccc(N)c(-c3cccc4c3Cc3ccccc3-4)c2)cc1. The molecule has 0 amide bonds. The van der Waals surface area contributed by atoms with Gasteiger partial charge in [-0.2, -0.15) is 0 Å². The lowest BCUT2D eigenvalue weighted by Gasteiger charge is -2.13. The summed E-state index contributed by atoms with van der Waals surface area (Å²) >= 11 is 0. The predicted molar refractivity (Wildman–Crippen MR) is 114 cm³/mol. The predicted octanol–water partition coefficient (Wildman–Crippen LogP) is 5.76. The van der Waals surface area contributed by atoms with E-state index in [4.69, 9.17) is 11.5 Å². The molecule has 2 heteroatoms. The van der Waals surface area contributed by atoms with Crippen LogP contribution in [0, 0.1) is 0 Å². The first-order valence-corrected chi connectivity index (χ1v) is 9.17. The molecule has 0 bridgehead atoms. The standard InChI is InChI=1S/C25H20N2/c26-19-11-8-16(9-12-19)17-10-13-25(27)24(14-17)22-7-3-6-21-20-5-2-1-4-18(20)15-23(21)22/h1-14H,15,26-27H2. The molecule has 0 fully saturated rings. The summed E-state index contributed by atoms with van der Waals surface area (Å²) in [6.07, 6.45) is 0.952. The van der Waals surface area contributed by atoms with E-state index >= 15 is 0 Å². The molecule has 4 aromatic rings. The number of anilines is 2. The fraction of sp³-hybridized carbons (Fsp3) is 0.0400. The zero-order valence-electron chi connectivity index (χ0n) is 14.9. The van der Waals surface area contributed by atoms with Gasteiger partial charge in [0.25, 0.3) is 0 Å². The fourth-order valence-corrected chi connectivity index (χ4v) is 4.05. The van der Waals surface area contributed by atoms with Crippen LogP contribution in [-0.4, -0.2) is 0 Å². The minimum atomic E-state index is 0.771. The van der Waals surface area contributed by atoms with Crippen molar-refractivity contribution in [3.8, 4) is 33.4 Å². The third-order valence-electron chi connectivity index (χ3n) is 5.44. The van der Waals surface area contributed by atoms with Gasteiger partial charge in [-0.1, -0.05) is 60.7 Å². The summed E-state index contributed by atoms with van der Waals surface area (Å²) in [7, 11) is 0. The Morgan fingerprint density at radius 3 is 2.04 bits per heavy atom. The maximum atomic E-state index is 6.40. The van der Waals surface area contributed by atoms with E-state index in [1.807, 2.05) is 18.2 Å². The van der Waals surface area contributed by atoms with Crippen LogP contribution in [0.2, 0.25) is 0 Å². The van der Waals surface area contributed by atoms with Crippen LogP contribution in [-0.2, 0) is 6.42 Å². The van der Waals surface area contributed by atoms with E-state index in [9.17, 15) is 0 Å². The minimum absolute atomic E-state index is 0.771. The molecule has 4 aromatic carbocycles. The Balaban J connectivity index is 1.66. The second-order valence-corrected chi connectivity index (χ2v) is 7.09. The van der Waals surface area contributed by atoms with Crippen LogP contribution in [0.5, 0.6) is 0 Å². The number of benzene rings is 4. The zero-order chi connectivity index (χ0) is 18.4. The molecule has 0 spiro atoms. The van der Waals surface area contributed by atoms with Crippen molar-refractivity contribution in [1.82, 2.24) is 0 Å². The van der Waals surface area contributed by atoms with Gasteiger partial charge in [-0.3, -0.25) is 0 Å². The molecule has 0 aromatic heterocycles. The first-order chi connectivity index (χ1) is 13.2. The number of hydrogen-bond acceptors (Lipinski definition) is 2. The molecule has 130 valence electrons. The van der Waals surface area contributed by atoms with Crippen molar-refractivity contribution >= 4 is 11.4 Å². The monoisotopic (exact) mass is 348 g/mol. The third kappa shape index (κ3) is 2.58. The smallest absolute Gasteiger partial charge is 0.0394 e. The molecule has 2 nitrogen and oxygen atoms in total. The molecule has 5 rings (SSSR count). The third-order valence-corrected chi connectivity index (χ3v) is 5.44. The summed E-state index contributed by atoms with van der Waals surface area (Å²) in [6, 6.07) is 29.4.